The van der Waals surface area contributed by atoms with Crippen LogP contribution >= 0.6 is 0 Å². The molecule has 0 aliphatic heterocycles. The molecule has 24 heavy (non-hydrogen) atoms. The molecule has 0 atom stereocenters. The molecule has 0 aromatic heterocycles. The maximum Gasteiger partial charge on any atom is 0.338 e. The van der Waals surface area contributed by atoms with Gasteiger partial charge in [-0.25, -0.2) is 4.79 Å². The molecule has 0 aliphatic rings. The lowest BCUT2D eigenvalue weighted by molar-refractivity contribution is -0.119. The molecule has 0 spiro atoms. The van der Waals surface area contributed by atoms with Gasteiger partial charge in [0.25, 0.3) is 5.91 Å². The standard InChI is InChI=1S/C18H17N3O3/c1-21(2)16-8-6-14(7-9-16)18(23)24-12-17(22)20-15-5-3-4-13(10-15)11-19/h3-10H,12H2,1-2H3,(H,20,22). The Balaban J connectivity index is 1.89. The van der Waals surface area contributed by atoms with Crippen LogP contribution in [-0.2, 0) is 9.53 Å². The van der Waals surface area contributed by atoms with E-state index in [1.165, 1.54) is 0 Å². The summed E-state index contributed by atoms with van der Waals surface area (Å²) >= 11 is 0. The lowest BCUT2D eigenvalue weighted by atomic mass is 10.2. The molecule has 122 valence electrons. The van der Waals surface area contributed by atoms with E-state index in [1.807, 2.05) is 25.1 Å². The van der Waals surface area contributed by atoms with E-state index in [9.17, 15) is 9.59 Å². The molecule has 0 bridgehead atoms. The van der Waals surface area contributed by atoms with Gasteiger partial charge in [0.1, 0.15) is 0 Å². The van der Waals surface area contributed by atoms with Gasteiger partial charge in [-0.2, -0.15) is 5.26 Å². The van der Waals surface area contributed by atoms with Gasteiger partial charge in [-0.1, -0.05) is 6.07 Å². The van der Waals surface area contributed by atoms with Gasteiger partial charge < -0.3 is 15.0 Å². The highest BCUT2D eigenvalue weighted by Gasteiger charge is 2.11. The fraction of sp³-hybridized carbons (Fsp3) is 0.167. The van der Waals surface area contributed by atoms with Crippen molar-refractivity contribution < 1.29 is 14.3 Å². The van der Waals surface area contributed by atoms with Crippen molar-refractivity contribution in [2.75, 3.05) is 30.9 Å². The topological polar surface area (TPSA) is 82.4 Å². The molecule has 1 N–H and O–H groups in total. The number of hydrogen-bond donors (Lipinski definition) is 1. The van der Waals surface area contributed by atoms with Crippen LogP contribution in [0.1, 0.15) is 15.9 Å². The first-order valence-electron chi connectivity index (χ1n) is 7.24. The zero-order valence-electron chi connectivity index (χ0n) is 13.4. The second-order valence-corrected chi connectivity index (χ2v) is 5.26. The maximum absolute atomic E-state index is 11.9. The van der Waals surface area contributed by atoms with Crippen LogP contribution in [0.15, 0.2) is 48.5 Å². The van der Waals surface area contributed by atoms with Crippen molar-refractivity contribution in [3.05, 3.63) is 59.7 Å². The molecular weight excluding hydrogens is 306 g/mol. The van der Waals surface area contributed by atoms with Crippen molar-refractivity contribution in [1.82, 2.24) is 0 Å². The smallest absolute Gasteiger partial charge is 0.338 e. The van der Waals surface area contributed by atoms with Crippen LogP contribution in [-0.4, -0.2) is 32.6 Å². The Morgan fingerprint density at radius 2 is 1.88 bits per heavy atom. The van der Waals surface area contributed by atoms with Crippen molar-refractivity contribution in [3.8, 4) is 6.07 Å². The summed E-state index contributed by atoms with van der Waals surface area (Å²) in [5, 5.41) is 11.4. The third-order valence-corrected chi connectivity index (χ3v) is 3.23. The highest BCUT2D eigenvalue weighted by atomic mass is 16.5. The minimum absolute atomic E-state index is 0.375. The van der Waals surface area contributed by atoms with Gasteiger partial charge in [0.15, 0.2) is 6.61 Å². The second-order valence-electron chi connectivity index (χ2n) is 5.26. The second kappa shape index (κ2) is 7.79. The Kier molecular flexibility index (Phi) is 5.53. The predicted octanol–water partition coefficient (Wildman–Crippen LogP) is 2.42. The number of hydrogen-bond acceptors (Lipinski definition) is 5. The number of nitrogens with zero attached hydrogens (tertiary/aromatic N) is 2. The molecule has 0 fully saturated rings. The van der Waals surface area contributed by atoms with E-state index in [0.29, 0.717) is 16.8 Å². The summed E-state index contributed by atoms with van der Waals surface area (Å²) < 4.78 is 4.99. The van der Waals surface area contributed by atoms with Gasteiger partial charge in [0, 0.05) is 25.5 Å². The molecule has 1 amide bonds. The maximum atomic E-state index is 11.9. The van der Waals surface area contributed by atoms with Crippen molar-refractivity contribution in [2.45, 2.75) is 0 Å². The van der Waals surface area contributed by atoms with Gasteiger partial charge in [-0.15, -0.1) is 0 Å². The van der Waals surface area contributed by atoms with Crippen LogP contribution in [0.3, 0.4) is 0 Å². The summed E-state index contributed by atoms with van der Waals surface area (Å²) in [6.07, 6.45) is 0. The average molecular weight is 323 g/mol. The van der Waals surface area contributed by atoms with E-state index in [2.05, 4.69) is 5.32 Å². The highest BCUT2D eigenvalue weighted by molar-refractivity contribution is 5.95. The summed E-state index contributed by atoms with van der Waals surface area (Å²) in [5.74, 6) is -1.04. The molecule has 0 saturated carbocycles. The van der Waals surface area contributed by atoms with Gasteiger partial charge in [0.2, 0.25) is 0 Å². The van der Waals surface area contributed by atoms with Crippen LogP contribution in [0.25, 0.3) is 0 Å². The van der Waals surface area contributed by atoms with Crippen molar-refractivity contribution >= 4 is 23.3 Å². The Labute approximate surface area is 140 Å². The number of rotatable bonds is 5. The Bertz CT molecular complexity index is 777. The normalized spacial score (nSPS) is 9.71. The van der Waals surface area contributed by atoms with Crippen molar-refractivity contribution in [2.24, 2.45) is 0 Å². The first-order chi connectivity index (χ1) is 11.5. The fourth-order valence-electron chi connectivity index (χ4n) is 1.97. The lowest BCUT2D eigenvalue weighted by Crippen LogP contribution is -2.21. The minimum Gasteiger partial charge on any atom is -0.452 e. The zero-order valence-corrected chi connectivity index (χ0v) is 13.4. The first kappa shape index (κ1) is 17.0. The number of amides is 1. The molecule has 0 aliphatic carbocycles. The molecule has 0 heterocycles. The Morgan fingerprint density at radius 1 is 1.17 bits per heavy atom. The van der Waals surface area contributed by atoms with Crippen LogP contribution < -0.4 is 10.2 Å². The molecule has 0 saturated heterocycles. The zero-order chi connectivity index (χ0) is 17.5. The van der Waals surface area contributed by atoms with E-state index in [4.69, 9.17) is 10.00 Å². The summed E-state index contributed by atoms with van der Waals surface area (Å²) in [6, 6.07) is 15.4. The summed E-state index contributed by atoms with van der Waals surface area (Å²) in [4.78, 5) is 25.7. The van der Waals surface area contributed by atoms with Crippen LogP contribution in [0, 0.1) is 11.3 Å². The van der Waals surface area contributed by atoms with E-state index >= 15 is 0 Å². The van der Waals surface area contributed by atoms with E-state index in [-0.39, 0.29) is 0 Å². The molecular formula is C18H17N3O3. The SMILES string of the molecule is CN(C)c1ccc(C(=O)OCC(=O)Nc2cccc(C#N)c2)cc1. The third-order valence-electron chi connectivity index (χ3n) is 3.23. The molecule has 2 aromatic carbocycles. The summed E-state index contributed by atoms with van der Waals surface area (Å²) in [7, 11) is 3.80. The number of benzene rings is 2. The number of carbonyl (C=O) groups excluding carboxylic acids is 2. The summed E-state index contributed by atoms with van der Waals surface area (Å²) in [5.41, 5.74) is 2.25. The van der Waals surface area contributed by atoms with Crippen LogP contribution in [0.4, 0.5) is 11.4 Å². The van der Waals surface area contributed by atoms with Gasteiger partial charge in [-0.05, 0) is 42.5 Å². The Morgan fingerprint density at radius 3 is 2.50 bits per heavy atom. The number of nitriles is 1. The predicted molar refractivity (Wildman–Crippen MR) is 90.8 cm³/mol. The molecule has 2 rings (SSSR count). The van der Waals surface area contributed by atoms with Crippen LogP contribution in [0.5, 0.6) is 0 Å². The van der Waals surface area contributed by atoms with Crippen molar-refractivity contribution in [1.29, 1.82) is 5.26 Å². The summed E-state index contributed by atoms with van der Waals surface area (Å²) in [6.45, 7) is -0.398. The molecule has 0 unspecified atom stereocenters. The molecule has 0 radical (unpaired) electrons. The van der Waals surface area contributed by atoms with Gasteiger partial charge in [0.05, 0.1) is 17.2 Å². The lowest BCUT2D eigenvalue weighted by Gasteiger charge is -2.12. The van der Waals surface area contributed by atoms with Gasteiger partial charge >= 0.3 is 5.97 Å². The first-order valence-corrected chi connectivity index (χ1v) is 7.24. The fourth-order valence-corrected chi connectivity index (χ4v) is 1.97. The number of ether oxygens (including phenoxy) is 1. The number of anilines is 2. The van der Waals surface area contributed by atoms with Crippen molar-refractivity contribution in [3.63, 3.8) is 0 Å². The molecule has 6 heteroatoms. The average Bonchev–Trinajstić information content (AvgIpc) is 2.60. The minimum atomic E-state index is -0.568. The van der Waals surface area contributed by atoms with Gasteiger partial charge in [-0.3, -0.25) is 4.79 Å². The Hall–Kier alpha value is -3.33. The quantitative estimate of drug-likeness (QED) is 0.855. The molecule has 2 aromatic rings. The van der Waals surface area contributed by atoms with Crippen LogP contribution in [0.2, 0.25) is 0 Å². The molecule has 6 nitrogen and oxygen atoms in total. The number of carbonyl (C=O) groups is 2. The highest BCUT2D eigenvalue weighted by Crippen LogP contribution is 2.13. The van der Waals surface area contributed by atoms with E-state index in [1.54, 1.807) is 48.5 Å². The van der Waals surface area contributed by atoms with E-state index < -0.39 is 18.5 Å². The monoisotopic (exact) mass is 323 g/mol. The number of nitrogens with one attached hydrogen (secondary N) is 1. The third kappa shape index (κ3) is 4.58. The largest absolute Gasteiger partial charge is 0.452 e. The van der Waals surface area contributed by atoms with E-state index in [0.717, 1.165) is 5.69 Å². The number of esters is 1.